The Morgan fingerprint density at radius 2 is 1.65 bits per heavy atom. The standard InChI is InChI=1S/C16H24N2O2/c1-12-10-14-15(20-9-8-19-14)11-13(12)16(2,3)18-6-4-17-5-7-18/h10-11,17H,4-9H2,1-3H3. The second kappa shape index (κ2) is 5.26. The van der Waals surface area contributed by atoms with Crippen LogP contribution in [0.3, 0.4) is 0 Å². The van der Waals surface area contributed by atoms with Gasteiger partial charge in [0.1, 0.15) is 13.2 Å². The fourth-order valence-electron chi connectivity index (χ4n) is 3.24. The maximum atomic E-state index is 5.75. The summed E-state index contributed by atoms with van der Waals surface area (Å²) in [4.78, 5) is 2.54. The van der Waals surface area contributed by atoms with Crippen molar-refractivity contribution >= 4 is 0 Å². The number of aryl methyl sites for hydroxylation is 1. The molecule has 4 heteroatoms. The average molecular weight is 276 g/mol. The van der Waals surface area contributed by atoms with Crippen LogP contribution in [0.5, 0.6) is 11.5 Å². The van der Waals surface area contributed by atoms with Crippen LogP contribution < -0.4 is 14.8 Å². The summed E-state index contributed by atoms with van der Waals surface area (Å²) in [5.74, 6) is 1.77. The summed E-state index contributed by atoms with van der Waals surface area (Å²) in [7, 11) is 0. The van der Waals surface area contributed by atoms with Gasteiger partial charge in [0.2, 0.25) is 0 Å². The van der Waals surface area contributed by atoms with Crippen molar-refractivity contribution in [1.29, 1.82) is 0 Å². The minimum Gasteiger partial charge on any atom is -0.486 e. The van der Waals surface area contributed by atoms with E-state index in [2.05, 4.69) is 43.1 Å². The minimum atomic E-state index is 0.0159. The average Bonchev–Trinajstić information content (AvgIpc) is 2.47. The Morgan fingerprint density at radius 3 is 2.30 bits per heavy atom. The van der Waals surface area contributed by atoms with Crippen LogP contribution in [0.15, 0.2) is 12.1 Å². The third-order valence-corrected chi connectivity index (χ3v) is 4.46. The molecule has 2 aliphatic heterocycles. The molecule has 4 nitrogen and oxygen atoms in total. The van der Waals surface area contributed by atoms with E-state index in [0.29, 0.717) is 13.2 Å². The number of rotatable bonds is 2. The number of hydrogen-bond acceptors (Lipinski definition) is 4. The van der Waals surface area contributed by atoms with E-state index in [-0.39, 0.29) is 5.54 Å². The summed E-state index contributed by atoms with van der Waals surface area (Å²) in [6.07, 6.45) is 0. The first-order valence-electron chi connectivity index (χ1n) is 7.45. The fourth-order valence-corrected chi connectivity index (χ4v) is 3.24. The quantitative estimate of drug-likeness (QED) is 0.894. The summed E-state index contributed by atoms with van der Waals surface area (Å²) in [6.45, 7) is 12.4. The molecule has 0 aliphatic carbocycles. The van der Waals surface area contributed by atoms with E-state index in [0.717, 1.165) is 37.7 Å². The molecule has 1 N–H and O–H groups in total. The molecule has 1 saturated heterocycles. The molecule has 0 amide bonds. The molecule has 0 spiro atoms. The van der Waals surface area contributed by atoms with Gasteiger partial charge >= 0.3 is 0 Å². The van der Waals surface area contributed by atoms with Crippen LogP contribution in [0.1, 0.15) is 25.0 Å². The number of nitrogens with one attached hydrogen (secondary N) is 1. The highest BCUT2D eigenvalue weighted by Crippen LogP contribution is 2.39. The Balaban J connectivity index is 1.95. The highest BCUT2D eigenvalue weighted by Gasteiger charge is 2.32. The lowest BCUT2D eigenvalue weighted by atomic mass is 9.87. The molecule has 3 rings (SSSR count). The number of piperazine rings is 1. The molecule has 0 unspecified atom stereocenters. The first kappa shape index (κ1) is 13.7. The van der Waals surface area contributed by atoms with Crippen LogP contribution in [0.4, 0.5) is 0 Å². The van der Waals surface area contributed by atoms with Crippen molar-refractivity contribution in [3.05, 3.63) is 23.3 Å². The fraction of sp³-hybridized carbons (Fsp3) is 0.625. The summed E-state index contributed by atoms with van der Waals surface area (Å²) >= 11 is 0. The van der Waals surface area contributed by atoms with Crippen LogP contribution in [0, 0.1) is 6.92 Å². The van der Waals surface area contributed by atoms with Crippen molar-refractivity contribution in [3.8, 4) is 11.5 Å². The van der Waals surface area contributed by atoms with E-state index in [4.69, 9.17) is 9.47 Å². The molecule has 0 aromatic heterocycles. The van der Waals surface area contributed by atoms with Gasteiger partial charge in [0.15, 0.2) is 11.5 Å². The number of benzene rings is 1. The number of nitrogens with zero attached hydrogens (tertiary/aromatic N) is 1. The highest BCUT2D eigenvalue weighted by molar-refractivity contribution is 5.49. The molecule has 20 heavy (non-hydrogen) atoms. The first-order chi connectivity index (χ1) is 9.59. The van der Waals surface area contributed by atoms with E-state index < -0.39 is 0 Å². The smallest absolute Gasteiger partial charge is 0.161 e. The molecular weight excluding hydrogens is 252 g/mol. The van der Waals surface area contributed by atoms with Crippen molar-refractivity contribution in [2.24, 2.45) is 0 Å². The Bertz CT molecular complexity index is 493. The highest BCUT2D eigenvalue weighted by atomic mass is 16.6. The monoisotopic (exact) mass is 276 g/mol. The predicted octanol–water partition coefficient (Wildman–Crippen LogP) is 1.91. The van der Waals surface area contributed by atoms with Crippen molar-refractivity contribution in [3.63, 3.8) is 0 Å². The molecule has 0 bridgehead atoms. The summed E-state index contributed by atoms with van der Waals surface area (Å²) < 4.78 is 11.4. The second-order valence-corrected chi connectivity index (χ2v) is 6.11. The summed E-state index contributed by atoms with van der Waals surface area (Å²) in [6, 6.07) is 4.29. The Morgan fingerprint density at radius 1 is 1.05 bits per heavy atom. The Hall–Kier alpha value is -1.26. The molecule has 1 fully saturated rings. The first-order valence-corrected chi connectivity index (χ1v) is 7.45. The van der Waals surface area contributed by atoms with Crippen LogP contribution >= 0.6 is 0 Å². The van der Waals surface area contributed by atoms with Gasteiger partial charge in [-0.05, 0) is 44.0 Å². The Kier molecular flexibility index (Phi) is 3.61. The van der Waals surface area contributed by atoms with Gasteiger partial charge in [0.05, 0.1) is 0 Å². The van der Waals surface area contributed by atoms with E-state index in [1.54, 1.807) is 0 Å². The lowest BCUT2D eigenvalue weighted by Crippen LogP contribution is -2.52. The SMILES string of the molecule is Cc1cc2c(cc1C(C)(C)N1CCNCC1)OCCO2. The van der Waals surface area contributed by atoms with Gasteiger partial charge in [-0.1, -0.05) is 0 Å². The lowest BCUT2D eigenvalue weighted by Gasteiger charge is -2.42. The molecule has 2 aliphatic rings. The molecule has 2 heterocycles. The maximum Gasteiger partial charge on any atom is 0.161 e. The van der Waals surface area contributed by atoms with Gasteiger partial charge in [-0.15, -0.1) is 0 Å². The molecule has 0 saturated carbocycles. The van der Waals surface area contributed by atoms with Crippen LogP contribution in [-0.4, -0.2) is 44.3 Å². The van der Waals surface area contributed by atoms with Gasteiger partial charge in [-0.3, -0.25) is 4.90 Å². The van der Waals surface area contributed by atoms with Gasteiger partial charge in [0, 0.05) is 31.7 Å². The van der Waals surface area contributed by atoms with Gasteiger partial charge in [0.25, 0.3) is 0 Å². The van der Waals surface area contributed by atoms with Gasteiger partial charge in [-0.25, -0.2) is 0 Å². The third kappa shape index (κ3) is 2.38. The zero-order valence-corrected chi connectivity index (χ0v) is 12.7. The number of fused-ring (bicyclic) bond motifs is 1. The van der Waals surface area contributed by atoms with Crippen LogP contribution in [0.2, 0.25) is 0 Å². The van der Waals surface area contributed by atoms with Crippen LogP contribution in [0.25, 0.3) is 0 Å². The van der Waals surface area contributed by atoms with E-state index in [1.807, 2.05) is 0 Å². The molecule has 0 radical (unpaired) electrons. The molecule has 110 valence electrons. The van der Waals surface area contributed by atoms with Crippen molar-refractivity contribution < 1.29 is 9.47 Å². The minimum absolute atomic E-state index is 0.0159. The maximum absolute atomic E-state index is 5.75. The largest absolute Gasteiger partial charge is 0.486 e. The number of ether oxygens (including phenoxy) is 2. The molecular formula is C16H24N2O2. The third-order valence-electron chi connectivity index (χ3n) is 4.46. The van der Waals surface area contributed by atoms with Crippen molar-refractivity contribution in [2.75, 3.05) is 39.4 Å². The summed E-state index contributed by atoms with van der Waals surface area (Å²) in [5.41, 5.74) is 2.63. The van der Waals surface area contributed by atoms with E-state index >= 15 is 0 Å². The van der Waals surface area contributed by atoms with Gasteiger partial charge in [-0.2, -0.15) is 0 Å². The Labute approximate surface area is 121 Å². The van der Waals surface area contributed by atoms with Gasteiger partial charge < -0.3 is 14.8 Å². The summed E-state index contributed by atoms with van der Waals surface area (Å²) in [5, 5.41) is 3.42. The van der Waals surface area contributed by atoms with E-state index in [1.165, 1.54) is 11.1 Å². The lowest BCUT2D eigenvalue weighted by molar-refractivity contribution is 0.101. The molecule has 1 aromatic carbocycles. The van der Waals surface area contributed by atoms with Crippen LogP contribution in [-0.2, 0) is 5.54 Å². The number of hydrogen-bond donors (Lipinski definition) is 1. The zero-order chi connectivity index (χ0) is 14.2. The van der Waals surface area contributed by atoms with E-state index in [9.17, 15) is 0 Å². The molecule has 0 atom stereocenters. The second-order valence-electron chi connectivity index (χ2n) is 6.11. The topological polar surface area (TPSA) is 33.7 Å². The molecule has 1 aromatic rings. The normalized spacial score (nSPS) is 19.9. The zero-order valence-electron chi connectivity index (χ0n) is 12.7. The predicted molar refractivity (Wildman–Crippen MR) is 79.6 cm³/mol. The van der Waals surface area contributed by atoms with Crippen molar-refractivity contribution in [1.82, 2.24) is 10.2 Å². The van der Waals surface area contributed by atoms with Crippen molar-refractivity contribution in [2.45, 2.75) is 26.3 Å².